The number of carbonyl (C=O) groups excluding carboxylic acids is 2. The molecule has 0 heterocycles. The highest BCUT2D eigenvalue weighted by Crippen LogP contribution is 2.47. The highest BCUT2D eigenvalue weighted by Gasteiger charge is 2.50. The van der Waals surface area contributed by atoms with Gasteiger partial charge in [0.25, 0.3) is 0 Å². The summed E-state index contributed by atoms with van der Waals surface area (Å²) >= 11 is 5.97. The monoisotopic (exact) mass is 490 g/mol. The number of fused-ring (bicyclic) bond motifs is 3. The van der Waals surface area contributed by atoms with E-state index >= 15 is 0 Å². The fourth-order valence-electron chi connectivity index (χ4n) is 4.59. The standard InChI is InChI=1S/C27H23ClN2O5/c28-16-9-10-21(24(31)32)23(13-16)30-25(33)27(11-12-27)15-29-26(34)35-14-22-19-7-3-1-5-17(19)18-6-2-4-8-20(18)22/h1-10,13,22H,11-12,14-15H2,(H,29,34)(H,30,33)(H,31,32). The van der Waals surface area contributed by atoms with Gasteiger partial charge in [-0.05, 0) is 53.3 Å². The molecule has 2 amide bonds. The maximum absolute atomic E-state index is 12.9. The number of rotatable bonds is 7. The van der Waals surface area contributed by atoms with Gasteiger partial charge < -0.3 is 20.5 Å². The molecule has 0 aromatic heterocycles. The summed E-state index contributed by atoms with van der Waals surface area (Å²) in [5.41, 5.74) is 3.81. The Morgan fingerprint density at radius 1 is 0.971 bits per heavy atom. The van der Waals surface area contributed by atoms with Crippen molar-refractivity contribution in [2.24, 2.45) is 5.41 Å². The predicted molar refractivity (Wildman–Crippen MR) is 132 cm³/mol. The molecule has 2 aliphatic rings. The Bertz CT molecular complexity index is 1290. The lowest BCUT2D eigenvalue weighted by Crippen LogP contribution is -2.38. The van der Waals surface area contributed by atoms with Gasteiger partial charge in [-0.2, -0.15) is 0 Å². The van der Waals surface area contributed by atoms with E-state index in [0.29, 0.717) is 17.9 Å². The second-order valence-electron chi connectivity index (χ2n) is 8.91. The largest absolute Gasteiger partial charge is 0.478 e. The maximum Gasteiger partial charge on any atom is 0.407 e. The average Bonchev–Trinajstić information content (AvgIpc) is 3.58. The zero-order chi connectivity index (χ0) is 24.6. The van der Waals surface area contributed by atoms with Crippen LogP contribution in [-0.2, 0) is 9.53 Å². The van der Waals surface area contributed by atoms with E-state index in [9.17, 15) is 19.5 Å². The van der Waals surface area contributed by atoms with Gasteiger partial charge in [0.2, 0.25) is 5.91 Å². The minimum atomic E-state index is -1.17. The molecule has 0 bridgehead atoms. The second kappa shape index (κ2) is 9.07. The minimum Gasteiger partial charge on any atom is -0.478 e. The molecule has 2 aliphatic carbocycles. The summed E-state index contributed by atoms with van der Waals surface area (Å²) in [6, 6.07) is 20.4. The van der Waals surface area contributed by atoms with Gasteiger partial charge in [0.05, 0.1) is 16.7 Å². The van der Waals surface area contributed by atoms with E-state index in [1.807, 2.05) is 36.4 Å². The lowest BCUT2D eigenvalue weighted by molar-refractivity contribution is -0.120. The Kier molecular flexibility index (Phi) is 5.94. The molecule has 8 heteroatoms. The number of nitrogens with one attached hydrogen (secondary N) is 2. The summed E-state index contributed by atoms with van der Waals surface area (Å²) in [7, 11) is 0. The quantitative estimate of drug-likeness (QED) is 0.417. The van der Waals surface area contributed by atoms with Crippen LogP contribution in [0.2, 0.25) is 5.02 Å². The SMILES string of the molecule is O=C(NCC1(C(=O)Nc2cc(Cl)ccc2C(=O)O)CC1)OCC1c2ccccc2-c2ccccc21. The predicted octanol–water partition coefficient (Wildman–Crippen LogP) is 5.30. The van der Waals surface area contributed by atoms with E-state index in [-0.39, 0.29) is 36.2 Å². The van der Waals surface area contributed by atoms with Crippen molar-refractivity contribution in [3.8, 4) is 11.1 Å². The van der Waals surface area contributed by atoms with Crippen LogP contribution in [-0.4, -0.2) is 36.2 Å². The third-order valence-electron chi connectivity index (χ3n) is 6.71. The molecule has 0 atom stereocenters. The van der Waals surface area contributed by atoms with Crippen LogP contribution in [0.15, 0.2) is 66.7 Å². The molecule has 0 radical (unpaired) electrons. The summed E-state index contributed by atoms with van der Waals surface area (Å²) < 4.78 is 5.55. The van der Waals surface area contributed by atoms with Gasteiger partial charge in [-0.15, -0.1) is 0 Å². The fraction of sp³-hybridized carbons (Fsp3) is 0.222. The summed E-state index contributed by atoms with van der Waals surface area (Å²) in [4.78, 5) is 36.9. The molecule has 35 heavy (non-hydrogen) atoms. The van der Waals surface area contributed by atoms with E-state index in [4.69, 9.17) is 16.3 Å². The molecule has 0 unspecified atom stereocenters. The van der Waals surface area contributed by atoms with Crippen molar-refractivity contribution < 1.29 is 24.2 Å². The zero-order valence-corrected chi connectivity index (χ0v) is 19.5. The zero-order valence-electron chi connectivity index (χ0n) is 18.7. The number of carbonyl (C=O) groups is 3. The Labute approximate surface area is 207 Å². The third-order valence-corrected chi connectivity index (χ3v) is 6.95. The Hall–Kier alpha value is -3.84. The van der Waals surface area contributed by atoms with Gasteiger partial charge in [0.1, 0.15) is 6.61 Å². The number of anilines is 1. The van der Waals surface area contributed by atoms with Crippen LogP contribution in [0.25, 0.3) is 11.1 Å². The molecule has 3 N–H and O–H groups in total. The van der Waals surface area contributed by atoms with Crippen LogP contribution in [0, 0.1) is 5.41 Å². The first-order chi connectivity index (χ1) is 16.9. The van der Waals surface area contributed by atoms with E-state index in [1.54, 1.807) is 0 Å². The minimum absolute atomic E-state index is 0.0522. The summed E-state index contributed by atoms with van der Waals surface area (Å²) in [6.45, 7) is 0.280. The van der Waals surface area contributed by atoms with Crippen LogP contribution in [0.4, 0.5) is 10.5 Å². The topological polar surface area (TPSA) is 105 Å². The number of hydrogen-bond acceptors (Lipinski definition) is 4. The Morgan fingerprint density at radius 3 is 2.20 bits per heavy atom. The molecule has 3 aromatic rings. The van der Waals surface area contributed by atoms with Gasteiger partial charge in [-0.25, -0.2) is 9.59 Å². The highest BCUT2D eigenvalue weighted by atomic mass is 35.5. The number of carboxylic acid groups (broad SMARTS) is 1. The Morgan fingerprint density at radius 2 is 1.60 bits per heavy atom. The number of ether oxygens (including phenoxy) is 1. The number of amides is 2. The van der Waals surface area contributed by atoms with Gasteiger partial charge in [0, 0.05) is 17.5 Å². The van der Waals surface area contributed by atoms with Crippen molar-refractivity contribution in [3.63, 3.8) is 0 Å². The van der Waals surface area contributed by atoms with Gasteiger partial charge in [-0.1, -0.05) is 60.1 Å². The lowest BCUT2D eigenvalue weighted by atomic mass is 9.98. The first-order valence-electron chi connectivity index (χ1n) is 11.3. The molecule has 7 nitrogen and oxygen atoms in total. The van der Waals surface area contributed by atoms with Crippen LogP contribution >= 0.6 is 11.6 Å². The van der Waals surface area contributed by atoms with Gasteiger partial charge in [-0.3, -0.25) is 4.79 Å². The second-order valence-corrected chi connectivity index (χ2v) is 9.35. The van der Waals surface area contributed by atoms with Crippen molar-refractivity contribution in [1.29, 1.82) is 0 Å². The van der Waals surface area contributed by atoms with Crippen LogP contribution in [0.1, 0.15) is 40.2 Å². The van der Waals surface area contributed by atoms with Gasteiger partial charge >= 0.3 is 12.1 Å². The smallest absolute Gasteiger partial charge is 0.407 e. The normalized spacial score (nSPS) is 15.0. The van der Waals surface area contributed by atoms with E-state index in [2.05, 4.69) is 22.8 Å². The molecule has 178 valence electrons. The van der Waals surface area contributed by atoms with E-state index in [0.717, 1.165) is 22.3 Å². The van der Waals surface area contributed by atoms with Gasteiger partial charge in [0.15, 0.2) is 0 Å². The van der Waals surface area contributed by atoms with Crippen LogP contribution < -0.4 is 10.6 Å². The van der Waals surface area contributed by atoms with Crippen molar-refractivity contribution in [2.75, 3.05) is 18.5 Å². The van der Waals surface area contributed by atoms with E-state index < -0.39 is 17.5 Å². The molecule has 1 saturated carbocycles. The van der Waals surface area contributed by atoms with Crippen molar-refractivity contribution in [2.45, 2.75) is 18.8 Å². The van der Waals surface area contributed by atoms with Crippen LogP contribution in [0.5, 0.6) is 0 Å². The van der Waals surface area contributed by atoms with Crippen molar-refractivity contribution in [3.05, 3.63) is 88.4 Å². The summed E-state index contributed by atoms with van der Waals surface area (Å²) in [6.07, 6.45) is 0.552. The first kappa shape index (κ1) is 22.9. The first-order valence-corrected chi connectivity index (χ1v) is 11.7. The molecule has 3 aromatic carbocycles. The third kappa shape index (κ3) is 4.47. The molecular formula is C27H23ClN2O5. The summed E-state index contributed by atoms with van der Waals surface area (Å²) in [5, 5.41) is 15.0. The molecular weight excluding hydrogens is 468 g/mol. The lowest BCUT2D eigenvalue weighted by Gasteiger charge is -2.18. The number of benzene rings is 3. The van der Waals surface area contributed by atoms with Crippen molar-refractivity contribution in [1.82, 2.24) is 5.32 Å². The molecule has 5 rings (SSSR count). The summed E-state index contributed by atoms with van der Waals surface area (Å²) in [5.74, 6) is -1.58. The molecule has 0 spiro atoms. The molecule has 1 fully saturated rings. The fourth-order valence-corrected chi connectivity index (χ4v) is 4.76. The van der Waals surface area contributed by atoms with Crippen molar-refractivity contribution >= 4 is 35.3 Å². The highest BCUT2D eigenvalue weighted by molar-refractivity contribution is 6.31. The number of alkyl carbamates (subject to hydrolysis) is 1. The number of hydrogen-bond donors (Lipinski definition) is 3. The number of halogens is 1. The van der Waals surface area contributed by atoms with E-state index in [1.165, 1.54) is 18.2 Å². The maximum atomic E-state index is 12.9. The van der Waals surface area contributed by atoms with Crippen LogP contribution in [0.3, 0.4) is 0 Å². The number of aromatic carboxylic acids is 1. The molecule has 0 saturated heterocycles. The Balaban J connectivity index is 1.20. The number of carboxylic acids is 1. The average molecular weight is 491 g/mol. The molecule has 0 aliphatic heterocycles.